The highest BCUT2D eigenvalue weighted by Gasteiger charge is 2.35. The van der Waals surface area contributed by atoms with Crippen molar-refractivity contribution in [2.24, 2.45) is 5.73 Å². The molecule has 2 fully saturated rings. The van der Waals surface area contributed by atoms with Gasteiger partial charge in [-0.05, 0) is 25.2 Å². The van der Waals surface area contributed by atoms with Crippen LogP contribution in [0.1, 0.15) is 24.2 Å². The average Bonchev–Trinajstić information content (AvgIpc) is 3.25. The third-order valence-corrected chi connectivity index (χ3v) is 5.18. The van der Waals surface area contributed by atoms with E-state index in [-0.39, 0.29) is 18.0 Å². The van der Waals surface area contributed by atoms with E-state index in [1.54, 1.807) is 25.3 Å². The van der Waals surface area contributed by atoms with E-state index >= 15 is 0 Å². The van der Waals surface area contributed by atoms with Crippen LogP contribution in [0.25, 0.3) is 0 Å². The summed E-state index contributed by atoms with van der Waals surface area (Å²) in [6.45, 7) is 8.19. The fourth-order valence-electron chi connectivity index (χ4n) is 3.55. The Morgan fingerprint density at radius 3 is 2.23 bits per heavy atom. The van der Waals surface area contributed by atoms with E-state index in [0.717, 1.165) is 40.0 Å². The van der Waals surface area contributed by atoms with Crippen molar-refractivity contribution in [2.75, 3.05) is 66.7 Å². The van der Waals surface area contributed by atoms with Crippen LogP contribution in [0.15, 0.2) is 18.2 Å². The maximum absolute atomic E-state index is 12.8. The van der Waals surface area contributed by atoms with Crippen molar-refractivity contribution in [1.29, 1.82) is 0 Å². The van der Waals surface area contributed by atoms with Crippen molar-refractivity contribution in [3.8, 4) is 11.5 Å². The minimum absolute atomic E-state index is 0.0172. The first kappa shape index (κ1) is 30.1. The molecular weight excluding hydrogens is 460 g/mol. The zero-order chi connectivity index (χ0) is 26.4. The first-order valence-electron chi connectivity index (χ1n) is 11.3. The molecule has 35 heavy (non-hydrogen) atoms. The predicted molar refractivity (Wildman–Crippen MR) is 129 cm³/mol. The number of nitrogens with two attached hydrogens (primary N) is 1. The van der Waals surface area contributed by atoms with Gasteiger partial charge in [0.1, 0.15) is 6.61 Å². The van der Waals surface area contributed by atoms with Crippen LogP contribution in [0.5, 0.6) is 11.5 Å². The lowest BCUT2D eigenvalue weighted by atomic mass is 10.1. The molecule has 0 unspecified atom stereocenters. The maximum atomic E-state index is 12.8. The third-order valence-electron chi connectivity index (χ3n) is 5.18. The van der Waals surface area contributed by atoms with Gasteiger partial charge in [-0.3, -0.25) is 19.3 Å². The molecule has 2 atom stereocenters. The van der Waals surface area contributed by atoms with Gasteiger partial charge in [-0.15, -0.1) is 0 Å². The zero-order valence-corrected chi connectivity index (χ0v) is 20.9. The van der Waals surface area contributed by atoms with Gasteiger partial charge in [-0.1, -0.05) is 0 Å². The molecule has 0 aliphatic carbocycles. The number of carboxylic acid groups (broad SMARTS) is 2. The number of nitrogens with zero attached hydrogens (tertiary/aromatic N) is 2. The number of nitrogens with one attached hydrogen (secondary N) is 1. The number of hydrogen-bond acceptors (Lipinski definition) is 9. The average molecular weight is 499 g/mol. The van der Waals surface area contributed by atoms with Crippen molar-refractivity contribution in [2.45, 2.75) is 25.9 Å². The molecular formula is C23H38N4O8. The molecule has 198 valence electrons. The summed E-state index contributed by atoms with van der Waals surface area (Å²) >= 11 is 0. The Morgan fingerprint density at radius 1 is 1.09 bits per heavy atom. The van der Waals surface area contributed by atoms with Gasteiger partial charge in [-0.2, -0.15) is 0 Å². The third kappa shape index (κ3) is 11.4. The molecule has 1 aromatic rings. The highest BCUT2D eigenvalue weighted by molar-refractivity contribution is 5.95. The summed E-state index contributed by atoms with van der Waals surface area (Å²) in [5.74, 6) is -0.696. The monoisotopic (exact) mass is 498 g/mol. The molecule has 5 N–H and O–H groups in total. The topological polar surface area (TPSA) is 164 Å². The van der Waals surface area contributed by atoms with Crippen LogP contribution in [0.3, 0.4) is 0 Å². The molecule has 12 heteroatoms. The molecule has 0 aromatic heterocycles. The summed E-state index contributed by atoms with van der Waals surface area (Å²) in [6.07, 6.45) is 0. The Bertz CT molecular complexity index is 795. The molecule has 0 saturated carbocycles. The zero-order valence-electron chi connectivity index (χ0n) is 20.9. The van der Waals surface area contributed by atoms with Crippen LogP contribution in [0.2, 0.25) is 0 Å². The van der Waals surface area contributed by atoms with Crippen LogP contribution in [-0.2, 0) is 14.3 Å². The van der Waals surface area contributed by atoms with E-state index in [9.17, 15) is 4.79 Å². The van der Waals surface area contributed by atoms with Crippen LogP contribution in [0, 0.1) is 0 Å². The van der Waals surface area contributed by atoms with Crippen molar-refractivity contribution in [3.63, 3.8) is 0 Å². The highest BCUT2D eigenvalue weighted by atomic mass is 16.5. The van der Waals surface area contributed by atoms with Gasteiger partial charge < -0.3 is 40.4 Å². The Morgan fingerprint density at radius 2 is 1.69 bits per heavy atom. The molecule has 0 bridgehead atoms. The van der Waals surface area contributed by atoms with Gasteiger partial charge in [-0.25, -0.2) is 0 Å². The van der Waals surface area contributed by atoms with Crippen LogP contribution in [0.4, 0.5) is 0 Å². The second-order valence-corrected chi connectivity index (χ2v) is 8.06. The first-order valence-corrected chi connectivity index (χ1v) is 11.3. The molecule has 0 radical (unpaired) electrons. The molecule has 0 spiro atoms. The van der Waals surface area contributed by atoms with E-state index < -0.39 is 11.9 Å². The van der Waals surface area contributed by atoms with Gasteiger partial charge in [0.25, 0.3) is 17.8 Å². The van der Waals surface area contributed by atoms with Gasteiger partial charge in [0.15, 0.2) is 11.5 Å². The van der Waals surface area contributed by atoms with E-state index in [2.05, 4.69) is 22.2 Å². The number of aliphatic carboxylic acids is 2. The Labute approximate surface area is 205 Å². The lowest BCUT2D eigenvalue weighted by Gasteiger charge is -2.38. The number of piperazine rings is 1. The Kier molecular flexibility index (Phi) is 13.7. The number of methoxy groups -OCH3 is 1. The second kappa shape index (κ2) is 15.9. The molecule has 2 heterocycles. The highest BCUT2D eigenvalue weighted by Crippen LogP contribution is 2.28. The molecule has 2 saturated heterocycles. The number of carboxylic acids is 2. The summed E-state index contributed by atoms with van der Waals surface area (Å²) in [6, 6.07) is 5.38. The smallest absolute Gasteiger partial charge is 0.300 e. The molecule has 2 aliphatic heterocycles. The van der Waals surface area contributed by atoms with Crippen LogP contribution < -0.4 is 20.5 Å². The van der Waals surface area contributed by atoms with E-state index in [1.807, 2.05) is 0 Å². The van der Waals surface area contributed by atoms with Crippen molar-refractivity contribution in [3.05, 3.63) is 23.8 Å². The fraction of sp³-hybridized carbons (Fsp3) is 0.609. The van der Waals surface area contributed by atoms with Crippen molar-refractivity contribution < 1.29 is 38.8 Å². The van der Waals surface area contributed by atoms with E-state index in [0.29, 0.717) is 43.4 Å². The molecule has 1 aromatic carbocycles. The van der Waals surface area contributed by atoms with Crippen molar-refractivity contribution >= 4 is 17.8 Å². The maximum Gasteiger partial charge on any atom is 0.300 e. The lowest BCUT2D eigenvalue weighted by Crippen LogP contribution is -2.56. The number of ether oxygens (including phenoxy) is 3. The minimum atomic E-state index is -0.833. The number of carbonyl (C=O) groups is 3. The summed E-state index contributed by atoms with van der Waals surface area (Å²) in [5.41, 5.74) is 6.04. The normalized spacial score (nSPS) is 19.9. The Balaban J connectivity index is 0.000000668. The molecule has 12 nitrogen and oxygen atoms in total. The molecule has 3 rings (SSSR count). The fourth-order valence-corrected chi connectivity index (χ4v) is 3.55. The molecule has 1 amide bonds. The Hall–Kier alpha value is -2.93. The second-order valence-electron chi connectivity index (χ2n) is 8.06. The predicted octanol–water partition coefficient (Wildman–Crippen LogP) is -0.0409. The quantitative estimate of drug-likeness (QED) is 0.399. The summed E-state index contributed by atoms with van der Waals surface area (Å²) in [4.78, 5) is 35.5. The standard InChI is InChI=1S/C19H30N4O4.2C2H4O2/c1-22-6-8-23(9-7-22)16-13-26-12-15(16)21-19(24)14-3-4-17(25-2)18(11-14)27-10-5-20;2*1-2(3)4/h3-4,11,15-16H,5-10,12-13,20H2,1-2H3,(H,21,24);2*1H3,(H,3,4)/t15-,16-;;/m0../s1. The number of hydrogen-bond donors (Lipinski definition) is 4. The van der Waals surface area contributed by atoms with Gasteiger partial charge >= 0.3 is 0 Å². The van der Waals surface area contributed by atoms with Gasteiger partial charge in [0, 0.05) is 52.1 Å². The van der Waals surface area contributed by atoms with Crippen molar-refractivity contribution in [1.82, 2.24) is 15.1 Å². The number of amides is 1. The summed E-state index contributed by atoms with van der Waals surface area (Å²) in [7, 11) is 3.71. The van der Waals surface area contributed by atoms with Gasteiger partial charge in [0.05, 0.1) is 32.4 Å². The van der Waals surface area contributed by atoms with Crippen LogP contribution in [-0.4, -0.2) is 117 Å². The number of carbonyl (C=O) groups excluding carboxylic acids is 1. The van der Waals surface area contributed by atoms with E-state index in [4.69, 9.17) is 39.7 Å². The van der Waals surface area contributed by atoms with Crippen LogP contribution >= 0.6 is 0 Å². The summed E-state index contributed by atoms with van der Waals surface area (Å²) < 4.78 is 16.6. The minimum Gasteiger partial charge on any atom is -0.493 e. The SMILES string of the molecule is CC(=O)O.CC(=O)O.COc1ccc(C(=O)N[C@H]2COC[C@@H]2N2CCN(C)CC2)cc1OCCN. The number of benzene rings is 1. The lowest BCUT2D eigenvalue weighted by molar-refractivity contribution is -0.135. The first-order chi connectivity index (χ1) is 16.6. The number of likely N-dealkylation sites (N-methyl/N-ethyl adjacent to an activating group) is 1. The molecule has 2 aliphatic rings. The van der Waals surface area contributed by atoms with Gasteiger partial charge in [0.2, 0.25) is 0 Å². The summed E-state index contributed by atoms with van der Waals surface area (Å²) in [5, 5.41) is 18.0. The number of rotatable bonds is 7. The van der Waals surface area contributed by atoms with E-state index in [1.165, 1.54) is 0 Å². The largest absolute Gasteiger partial charge is 0.493 e.